The van der Waals surface area contributed by atoms with Crippen LogP contribution in [0.25, 0.3) is 0 Å². The first-order valence-corrected chi connectivity index (χ1v) is 5.93. The minimum Gasteiger partial charge on any atom is -0.359 e. The molecule has 0 atom stereocenters. The molecule has 1 aromatic rings. The van der Waals surface area contributed by atoms with Crippen LogP contribution in [0.4, 0.5) is 17.5 Å². The summed E-state index contributed by atoms with van der Waals surface area (Å²) < 4.78 is 0. The molecule has 0 aliphatic carbocycles. The largest absolute Gasteiger partial charge is 0.359 e. The number of rotatable bonds is 6. The standard InChI is InChI=1S/C11H19N5O2/c1-5-11(3,4)15-9-8(16(17)18)7-13-10(14-9)12-6-2/h7H,5-6H2,1-4H3,(H2,12,13,14,15). The summed E-state index contributed by atoms with van der Waals surface area (Å²) in [5.74, 6) is 0.635. The molecule has 1 aromatic heterocycles. The third-order valence-electron chi connectivity index (χ3n) is 2.64. The molecular weight excluding hydrogens is 234 g/mol. The van der Waals surface area contributed by atoms with Crippen molar-refractivity contribution >= 4 is 17.5 Å². The van der Waals surface area contributed by atoms with Crippen molar-refractivity contribution in [2.24, 2.45) is 0 Å². The lowest BCUT2D eigenvalue weighted by Crippen LogP contribution is -2.30. The van der Waals surface area contributed by atoms with Crippen molar-refractivity contribution in [2.75, 3.05) is 17.2 Å². The highest BCUT2D eigenvalue weighted by Gasteiger charge is 2.23. The van der Waals surface area contributed by atoms with Crippen molar-refractivity contribution < 1.29 is 4.92 Å². The van der Waals surface area contributed by atoms with Gasteiger partial charge in [0.15, 0.2) is 0 Å². The first-order valence-electron chi connectivity index (χ1n) is 5.93. The van der Waals surface area contributed by atoms with E-state index in [1.54, 1.807) is 0 Å². The van der Waals surface area contributed by atoms with Crippen LogP contribution >= 0.6 is 0 Å². The van der Waals surface area contributed by atoms with Crippen LogP contribution in [0.3, 0.4) is 0 Å². The summed E-state index contributed by atoms with van der Waals surface area (Å²) in [6.07, 6.45) is 2.05. The fourth-order valence-corrected chi connectivity index (χ4v) is 1.25. The van der Waals surface area contributed by atoms with E-state index in [2.05, 4.69) is 20.6 Å². The SMILES string of the molecule is CCNc1ncc([N+](=O)[O-])c(NC(C)(C)CC)n1. The highest BCUT2D eigenvalue weighted by atomic mass is 16.6. The van der Waals surface area contributed by atoms with Crippen molar-refractivity contribution in [3.63, 3.8) is 0 Å². The molecule has 0 spiro atoms. The lowest BCUT2D eigenvalue weighted by Gasteiger charge is -2.24. The zero-order valence-electron chi connectivity index (χ0n) is 11.1. The second-order valence-electron chi connectivity index (χ2n) is 4.58. The molecule has 1 heterocycles. The first-order chi connectivity index (χ1) is 8.39. The predicted octanol–water partition coefficient (Wildman–Crippen LogP) is 2.42. The molecule has 0 saturated carbocycles. The summed E-state index contributed by atoms with van der Waals surface area (Å²) in [6.45, 7) is 8.50. The monoisotopic (exact) mass is 253 g/mol. The second kappa shape index (κ2) is 5.61. The Kier molecular flexibility index (Phi) is 4.41. The van der Waals surface area contributed by atoms with Gasteiger partial charge >= 0.3 is 5.69 Å². The van der Waals surface area contributed by atoms with Gasteiger partial charge in [0.1, 0.15) is 6.20 Å². The lowest BCUT2D eigenvalue weighted by atomic mass is 10.0. The number of nitro groups is 1. The summed E-state index contributed by atoms with van der Waals surface area (Å²) in [4.78, 5) is 18.5. The van der Waals surface area contributed by atoms with Crippen molar-refractivity contribution in [1.29, 1.82) is 0 Å². The molecule has 0 aliphatic heterocycles. The third kappa shape index (κ3) is 3.54. The fourth-order valence-electron chi connectivity index (χ4n) is 1.25. The van der Waals surface area contributed by atoms with Crippen LogP contribution in [-0.2, 0) is 0 Å². The molecule has 2 N–H and O–H groups in total. The van der Waals surface area contributed by atoms with Crippen LogP contribution in [0.1, 0.15) is 34.1 Å². The van der Waals surface area contributed by atoms with Gasteiger partial charge < -0.3 is 10.6 Å². The Balaban J connectivity index is 3.11. The molecule has 0 radical (unpaired) electrons. The van der Waals surface area contributed by atoms with Gasteiger partial charge in [-0.25, -0.2) is 4.98 Å². The zero-order chi connectivity index (χ0) is 13.8. The highest BCUT2D eigenvalue weighted by Crippen LogP contribution is 2.26. The topological polar surface area (TPSA) is 93.0 Å². The van der Waals surface area contributed by atoms with Crippen LogP contribution in [0.2, 0.25) is 0 Å². The van der Waals surface area contributed by atoms with Crippen molar-refractivity contribution in [2.45, 2.75) is 39.7 Å². The Morgan fingerprint density at radius 1 is 1.44 bits per heavy atom. The van der Waals surface area contributed by atoms with E-state index in [1.165, 1.54) is 6.20 Å². The van der Waals surface area contributed by atoms with E-state index in [1.807, 2.05) is 27.7 Å². The zero-order valence-corrected chi connectivity index (χ0v) is 11.1. The summed E-state index contributed by atoms with van der Waals surface area (Å²) in [5, 5.41) is 16.9. The molecule has 7 heteroatoms. The van der Waals surface area contributed by atoms with Gasteiger partial charge in [-0.3, -0.25) is 10.1 Å². The van der Waals surface area contributed by atoms with Crippen LogP contribution < -0.4 is 10.6 Å². The number of hydrogen-bond donors (Lipinski definition) is 2. The molecule has 0 bridgehead atoms. The molecular formula is C11H19N5O2. The maximum absolute atomic E-state index is 10.9. The van der Waals surface area contributed by atoms with Crippen molar-refractivity contribution in [1.82, 2.24) is 9.97 Å². The maximum atomic E-state index is 10.9. The first kappa shape index (κ1) is 14.1. The normalized spacial score (nSPS) is 11.1. The van der Waals surface area contributed by atoms with Gasteiger partial charge in [0, 0.05) is 12.1 Å². The fraction of sp³-hybridized carbons (Fsp3) is 0.636. The Bertz CT molecular complexity index is 433. The van der Waals surface area contributed by atoms with E-state index >= 15 is 0 Å². The molecule has 0 unspecified atom stereocenters. The molecule has 18 heavy (non-hydrogen) atoms. The van der Waals surface area contributed by atoms with Gasteiger partial charge in [0.25, 0.3) is 0 Å². The number of nitrogens with one attached hydrogen (secondary N) is 2. The molecule has 0 aromatic carbocycles. The minimum absolute atomic E-state index is 0.113. The summed E-state index contributed by atoms with van der Waals surface area (Å²) >= 11 is 0. The molecule has 100 valence electrons. The van der Waals surface area contributed by atoms with Gasteiger partial charge in [0.05, 0.1) is 4.92 Å². The average molecular weight is 253 g/mol. The molecule has 0 saturated heterocycles. The lowest BCUT2D eigenvalue weighted by molar-refractivity contribution is -0.384. The van der Waals surface area contributed by atoms with Crippen molar-refractivity contribution in [3.05, 3.63) is 16.3 Å². The van der Waals surface area contributed by atoms with E-state index in [0.29, 0.717) is 12.5 Å². The highest BCUT2D eigenvalue weighted by molar-refractivity contribution is 5.58. The van der Waals surface area contributed by atoms with Gasteiger partial charge in [-0.1, -0.05) is 6.92 Å². The molecule has 0 aliphatic rings. The molecule has 7 nitrogen and oxygen atoms in total. The van der Waals surface area contributed by atoms with E-state index in [0.717, 1.165) is 6.42 Å². The van der Waals surface area contributed by atoms with Crippen molar-refractivity contribution in [3.8, 4) is 0 Å². The van der Waals surface area contributed by atoms with Crippen LogP contribution in [0.15, 0.2) is 6.20 Å². The Hall–Kier alpha value is -1.92. The molecule has 1 rings (SSSR count). The van der Waals surface area contributed by atoms with Crippen LogP contribution in [-0.4, -0.2) is 27.0 Å². The smallest absolute Gasteiger partial charge is 0.329 e. The quantitative estimate of drug-likeness (QED) is 0.597. The third-order valence-corrected chi connectivity index (χ3v) is 2.64. The number of aromatic nitrogens is 2. The number of anilines is 2. The van der Waals surface area contributed by atoms with Gasteiger partial charge in [0.2, 0.25) is 11.8 Å². The van der Waals surface area contributed by atoms with Crippen LogP contribution in [0.5, 0.6) is 0 Å². The summed E-state index contributed by atoms with van der Waals surface area (Å²) in [5.41, 5.74) is -0.374. The van der Waals surface area contributed by atoms with E-state index in [-0.39, 0.29) is 17.0 Å². The maximum Gasteiger partial charge on any atom is 0.329 e. The Morgan fingerprint density at radius 2 is 2.11 bits per heavy atom. The van der Waals surface area contributed by atoms with Gasteiger partial charge in [-0.15, -0.1) is 0 Å². The minimum atomic E-state index is -0.482. The Labute approximate surface area is 106 Å². The number of nitrogens with zero attached hydrogens (tertiary/aromatic N) is 3. The van der Waals surface area contributed by atoms with E-state index in [4.69, 9.17) is 0 Å². The van der Waals surface area contributed by atoms with E-state index < -0.39 is 4.92 Å². The Morgan fingerprint density at radius 3 is 2.61 bits per heavy atom. The molecule has 0 fully saturated rings. The second-order valence-corrected chi connectivity index (χ2v) is 4.58. The summed E-state index contributed by atoms with van der Waals surface area (Å²) in [7, 11) is 0. The molecule has 0 amide bonds. The average Bonchev–Trinajstić information content (AvgIpc) is 2.29. The van der Waals surface area contributed by atoms with E-state index in [9.17, 15) is 10.1 Å². The van der Waals surface area contributed by atoms with Gasteiger partial charge in [-0.05, 0) is 27.2 Å². The predicted molar refractivity (Wildman–Crippen MR) is 70.8 cm³/mol. The van der Waals surface area contributed by atoms with Crippen LogP contribution in [0, 0.1) is 10.1 Å². The van der Waals surface area contributed by atoms with Gasteiger partial charge in [-0.2, -0.15) is 4.98 Å². The number of hydrogen-bond acceptors (Lipinski definition) is 6. The summed E-state index contributed by atoms with van der Waals surface area (Å²) in [6, 6.07) is 0.